The van der Waals surface area contributed by atoms with Gasteiger partial charge >= 0.3 is 0 Å². The van der Waals surface area contributed by atoms with Crippen LogP contribution in [-0.2, 0) is 4.74 Å². The maximum atomic E-state index is 10.2. The van der Waals surface area contributed by atoms with E-state index in [1.165, 1.54) is 27.9 Å². The minimum Gasteiger partial charge on any atom is -0.393 e. The van der Waals surface area contributed by atoms with Crippen molar-refractivity contribution < 1.29 is 14.9 Å². The summed E-state index contributed by atoms with van der Waals surface area (Å²) >= 11 is 0. The van der Waals surface area contributed by atoms with Crippen molar-refractivity contribution in [2.24, 2.45) is 16.7 Å². The van der Waals surface area contributed by atoms with Gasteiger partial charge in [0.2, 0.25) is 0 Å². The highest BCUT2D eigenvalue weighted by molar-refractivity contribution is 5.37. The molecule has 0 bridgehead atoms. The highest BCUT2D eigenvalue weighted by Gasteiger charge is 2.74. The summed E-state index contributed by atoms with van der Waals surface area (Å²) in [6.07, 6.45) is 33.5. The van der Waals surface area contributed by atoms with E-state index in [1.54, 1.807) is 0 Å². The van der Waals surface area contributed by atoms with Crippen molar-refractivity contribution in [2.75, 3.05) is 0 Å². The molecular weight excluding hydrogens is 528 g/mol. The maximum Gasteiger partial charge on any atom is 0.121 e. The zero-order valence-electron chi connectivity index (χ0n) is 28.3. The van der Waals surface area contributed by atoms with Crippen LogP contribution >= 0.6 is 0 Å². The normalized spacial score (nSPS) is 33.8. The van der Waals surface area contributed by atoms with Crippen LogP contribution in [0.3, 0.4) is 0 Å². The summed E-state index contributed by atoms with van der Waals surface area (Å²) in [5, 5.41) is 20.3. The summed E-state index contributed by atoms with van der Waals surface area (Å²) in [4.78, 5) is 0. The number of hydrogen-bond acceptors (Lipinski definition) is 3. The molecular formula is C40H56O3. The quantitative estimate of drug-likeness (QED) is 0.153. The maximum absolute atomic E-state index is 10.2. The molecule has 3 rings (SSSR count). The summed E-state index contributed by atoms with van der Waals surface area (Å²) in [5.41, 5.74) is 5.38. The summed E-state index contributed by atoms with van der Waals surface area (Å²) in [7, 11) is 0. The average molecular weight is 585 g/mol. The van der Waals surface area contributed by atoms with E-state index < -0.39 is 0 Å². The lowest BCUT2D eigenvalue weighted by Crippen LogP contribution is -2.46. The number of allylic oxidation sites excluding steroid dienone is 18. The van der Waals surface area contributed by atoms with E-state index in [2.05, 4.69) is 154 Å². The first-order valence-electron chi connectivity index (χ1n) is 15.8. The van der Waals surface area contributed by atoms with E-state index in [-0.39, 0.29) is 34.2 Å². The van der Waals surface area contributed by atoms with E-state index in [9.17, 15) is 10.2 Å². The molecule has 0 spiro atoms. The first-order chi connectivity index (χ1) is 20.0. The number of rotatable bonds is 10. The third-order valence-corrected chi connectivity index (χ3v) is 9.43. The van der Waals surface area contributed by atoms with Gasteiger partial charge in [0, 0.05) is 17.8 Å². The Hall–Kier alpha value is -2.72. The summed E-state index contributed by atoms with van der Waals surface area (Å²) in [5.74, 6) is 0.345. The van der Waals surface area contributed by atoms with Crippen LogP contribution in [-0.4, -0.2) is 33.6 Å². The van der Waals surface area contributed by atoms with E-state index in [0.717, 1.165) is 12.8 Å². The minimum atomic E-state index is -0.333. The van der Waals surface area contributed by atoms with Gasteiger partial charge in [0.1, 0.15) is 11.2 Å². The highest BCUT2D eigenvalue weighted by Crippen LogP contribution is 2.66. The second-order valence-corrected chi connectivity index (χ2v) is 14.6. The van der Waals surface area contributed by atoms with Crippen LogP contribution in [0.2, 0.25) is 0 Å². The topological polar surface area (TPSA) is 53.0 Å². The summed E-state index contributed by atoms with van der Waals surface area (Å²) in [6.45, 7) is 21.5. The molecule has 5 atom stereocenters. The van der Waals surface area contributed by atoms with Crippen molar-refractivity contribution >= 4 is 0 Å². The lowest BCUT2D eigenvalue weighted by atomic mass is 9.63. The number of hydrogen-bond donors (Lipinski definition) is 2. The molecule has 1 heterocycles. The molecule has 0 aromatic carbocycles. The van der Waals surface area contributed by atoms with Crippen molar-refractivity contribution in [3.05, 3.63) is 119 Å². The average Bonchev–Trinajstić information content (AvgIpc) is 3.49. The zero-order valence-corrected chi connectivity index (χ0v) is 28.3. The third-order valence-electron chi connectivity index (χ3n) is 9.43. The minimum absolute atomic E-state index is 0.0547. The SMILES string of the molecule is CC(C=CC=C(C)C=CC1C(C)=CC(O)CC1(C)C)=CC=CC=C(C)C=CC=C(C)C=CC12OC1(C)CC(O)CC2(C)C. The molecule has 1 aliphatic heterocycles. The number of aliphatic hydroxyl groups is 2. The van der Waals surface area contributed by atoms with Crippen molar-refractivity contribution in [2.45, 2.75) is 112 Å². The molecule has 0 amide bonds. The van der Waals surface area contributed by atoms with E-state index in [0.29, 0.717) is 12.3 Å². The number of ether oxygens (including phenoxy) is 1. The highest BCUT2D eigenvalue weighted by atomic mass is 16.6. The fourth-order valence-electron chi connectivity index (χ4n) is 7.07. The summed E-state index contributed by atoms with van der Waals surface area (Å²) < 4.78 is 6.25. The van der Waals surface area contributed by atoms with Crippen LogP contribution in [0.15, 0.2) is 119 Å². The number of epoxide rings is 1. The van der Waals surface area contributed by atoms with Gasteiger partial charge in [-0.3, -0.25) is 0 Å². The lowest BCUT2D eigenvalue weighted by molar-refractivity contribution is 0.0515. The van der Waals surface area contributed by atoms with Crippen molar-refractivity contribution in [1.82, 2.24) is 0 Å². The Labute approximate surface area is 262 Å². The van der Waals surface area contributed by atoms with Crippen molar-refractivity contribution in [1.29, 1.82) is 0 Å². The Bertz CT molecular complexity index is 1320. The van der Waals surface area contributed by atoms with Gasteiger partial charge in [-0.25, -0.2) is 0 Å². The van der Waals surface area contributed by atoms with Crippen molar-refractivity contribution in [3.8, 4) is 0 Å². The summed E-state index contributed by atoms with van der Waals surface area (Å²) in [6, 6.07) is 0. The van der Waals surface area contributed by atoms with Crippen LogP contribution in [0.1, 0.15) is 88.5 Å². The first kappa shape index (κ1) is 34.8. The molecule has 0 radical (unpaired) electrons. The van der Waals surface area contributed by atoms with Crippen LogP contribution in [0, 0.1) is 16.7 Å². The lowest BCUT2D eigenvalue weighted by Gasteiger charge is -2.39. The van der Waals surface area contributed by atoms with Crippen LogP contribution in [0.25, 0.3) is 0 Å². The number of fused-ring (bicyclic) bond motifs is 1. The van der Waals surface area contributed by atoms with Gasteiger partial charge in [-0.2, -0.15) is 0 Å². The fraction of sp³-hybridized carbons (Fsp3) is 0.500. The van der Waals surface area contributed by atoms with E-state index in [4.69, 9.17) is 4.74 Å². The van der Waals surface area contributed by atoms with Gasteiger partial charge in [-0.15, -0.1) is 0 Å². The molecule has 1 saturated carbocycles. The van der Waals surface area contributed by atoms with Crippen LogP contribution in [0.5, 0.6) is 0 Å². The van der Waals surface area contributed by atoms with E-state index in [1.807, 2.05) is 6.08 Å². The van der Waals surface area contributed by atoms with Crippen molar-refractivity contribution in [3.63, 3.8) is 0 Å². The Balaban J connectivity index is 1.49. The molecule has 2 aliphatic carbocycles. The standard InChI is InChI=1S/C40H56O3/c1-29(17-13-19-31(3)21-22-36-33(5)25-34(41)26-37(36,6)7)15-11-12-16-30(2)18-14-20-32(4)23-24-40-38(8,9)27-35(42)28-39(40,10)43-40/h11-25,34-36,41-42H,26-28H2,1-10H3. The predicted molar refractivity (Wildman–Crippen MR) is 184 cm³/mol. The van der Waals surface area contributed by atoms with Gasteiger partial charge in [0.25, 0.3) is 0 Å². The Kier molecular flexibility index (Phi) is 11.3. The smallest absolute Gasteiger partial charge is 0.121 e. The molecule has 3 aliphatic rings. The van der Waals surface area contributed by atoms with Crippen LogP contribution < -0.4 is 0 Å². The molecule has 234 valence electrons. The second-order valence-electron chi connectivity index (χ2n) is 14.6. The molecule has 2 N–H and O–H groups in total. The second kappa shape index (κ2) is 13.9. The van der Waals surface area contributed by atoms with Gasteiger partial charge in [0.05, 0.1) is 12.2 Å². The molecule has 3 nitrogen and oxygen atoms in total. The Morgan fingerprint density at radius 2 is 1.23 bits per heavy atom. The molecule has 5 unspecified atom stereocenters. The van der Waals surface area contributed by atoms with Gasteiger partial charge < -0.3 is 14.9 Å². The molecule has 3 heteroatoms. The third kappa shape index (κ3) is 8.91. The Morgan fingerprint density at radius 3 is 1.77 bits per heavy atom. The van der Waals surface area contributed by atoms with Crippen LogP contribution in [0.4, 0.5) is 0 Å². The Morgan fingerprint density at radius 1 is 0.721 bits per heavy atom. The van der Waals surface area contributed by atoms with Gasteiger partial charge in [-0.05, 0) is 65.9 Å². The number of aliphatic hydroxyl groups excluding tert-OH is 2. The molecule has 0 aromatic heterocycles. The molecule has 43 heavy (non-hydrogen) atoms. The zero-order chi connectivity index (χ0) is 32.1. The monoisotopic (exact) mass is 584 g/mol. The fourth-order valence-corrected chi connectivity index (χ4v) is 7.07. The molecule has 2 fully saturated rings. The predicted octanol–water partition coefficient (Wildman–Crippen LogP) is 9.61. The van der Waals surface area contributed by atoms with Gasteiger partial charge in [0.15, 0.2) is 0 Å². The van der Waals surface area contributed by atoms with Gasteiger partial charge in [-0.1, -0.05) is 141 Å². The first-order valence-corrected chi connectivity index (χ1v) is 15.8. The largest absolute Gasteiger partial charge is 0.393 e. The van der Waals surface area contributed by atoms with E-state index >= 15 is 0 Å². The molecule has 0 aromatic rings. The molecule has 1 saturated heterocycles.